The Labute approximate surface area is 136 Å². The fraction of sp³-hybridized carbons (Fsp3) is 0.294. The van der Waals surface area contributed by atoms with Crippen LogP contribution in [-0.2, 0) is 6.54 Å². The SMILES string of the molecule is CNCc1cc(Cl)ccc1N(C)C(C)c1ccccc1Cl. The summed E-state index contributed by atoms with van der Waals surface area (Å²) in [6, 6.07) is 14.1. The van der Waals surface area contributed by atoms with Gasteiger partial charge in [-0.05, 0) is 49.4 Å². The Hall–Kier alpha value is -1.22. The molecule has 1 N–H and O–H groups in total. The van der Waals surface area contributed by atoms with E-state index in [-0.39, 0.29) is 6.04 Å². The molecule has 0 saturated carbocycles. The number of benzene rings is 2. The zero-order valence-corrected chi connectivity index (χ0v) is 14.0. The molecule has 0 fully saturated rings. The fourth-order valence-corrected chi connectivity index (χ4v) is 2.95. The first-order valence-electron chi connectivity index (χ1n) is 6.95. The highest BCUT2D eigenvalue weighted by Gasteiger charge is 2.17. The van der Waals surface area contributed by atoms with Gasteiger partial charge in [-0.1, -0.05) is 41.4 Å². The van der Waals surface area contributed by atoms with Crippen molar-refractivity contribution in [2.75, 3.05) is 19.0 Å². The van der Waals surface area contributed by atoms with Crippen LogP contribution in [0.15, 0.2) is 42.5 Å². The summed E-state index contributed by atoms with van der Waals surface area (Å²) in [5.74, 6) is 0. The second kappa shape index (κ2) is 7.17. The Kier molecular flexibility index (Phi) is 5.51. The molecule has 112 valence electrons. The molecule has 2 aromatic carbocycles. The van der Waals surface area contributed by atoms with Gasteiger partial charge in [-0.3, -0.25) is 0 Å². The lowest BCUT2D eigenvalue weighted by Crippen LogP contribution is -2.24. The third-order valence-corrected chi connectivity index (χ3v) is 4.30. The maximum absolute atomic E-state index is 6.32. The predicted molar refractivity (Wildman–Crippen MR) is 92.5 cm³/mol. The number of anilines is 1. The van der Waals surface area contributed by atoms with Crippen molar-refractivity contribution in [2.45, 2.75) is 19.5 Å². The van der Waals surface area contributed by atoms with E-state index in [1.165, 1.54) is 5.56 Å². The lowest BCUT2D eigenvalue weighted by molar-refractivity contribution is 0.727. The van der Waals surface area contributed by atoms with Gasteiger partial charge in [0, 0.05) is 29.3 Å². The minimum Gasteiger partial charge on any atom is -0.368 e. The van der Waals surface area contributed by atoms with Crippen LogP contribution < -0.4 is 10.2 Å². The summed E-state index contributed by atoms with van der Waals surface area (Å²) in [5.41, 5.74) is 3.44. The van der Waals surface area contributed by atoms with Gasteiger partial charge in [-0.15, -0.1) is 0 Å². The molecule has 2 aromatic rings. The molecule has 0 aliphatic heterocycles. The minimum absolute atomic E-state index is 0.176. The van der Waals surface area contributed by atoms with Crippen molar-refractivity contribution in [3.05, 3.63) is 63.6 Å². The molecular weight excluding hydrogens is 303 g/mol. The Bertz CT molecular complexity index is 613. The Morgan fingerprint density at radius 1 is 1.14 bits per heavy atom. The molecule has 0 saturated heterocycles. The molecule has 1 atom stereocenters. The summed E-state index contributed by atoms with van der Waals surface area (Å²) in [6.07, 6.45) is 0. The molecule has 2 nitrogen and oxygen atoms in total. The number of nitrogens with one attached hydrogen (secondary N) is 1. The van der Waals surface area contributed by atoms with Gasteiger partial charge in [0.15, 0.2) is 0 Å². The van der Waals surface area contributed by atoms with Gasteiger partial charge >= 0.3 is 0 Å². The average Bonchev–Trinajstić information content (AvgIpc) is 2.47. The van der Waals surface area contributed by atoms with E-state index in [4.69, 9.17) is 23.2 Å². The lowest BCUT2D eigenvalue weighted by atomic mass is 10.0. The number of halogens is 2. The number of hydrogen-bond acceptors (Lipinski definition) is 2. The molecule has 0 heterocycles. The summed E-state index contributed by atoms with van der Waals surface area (Å²) >= 11 is 12.4. The Morgan fingerprint density at radius 3 is 2.52 bits per heavy atom. The van der Waals surface area contributed by atoms with E-state index in [1.807, 2.05) is 37.4 Å². The maximum Gasteiger partial charge on any atom is 0.0525 e. The van der Waals surface area contributed by atoms with E-state index in [0.717, 1.165) is 27.8 Å². The normalized spacial score (nSPS) is 12.2. The van der Waals surface area contributed by atoms with Gasteiger partial charge in [0.25, 0.3) is 0 Å². The molecule has 0 aliphatic carbocycles. The van der Waals surface area contributed by atoms with Crippen molar-refractivity contribution < 1.29 is 0 Å². The van der Waals surface area contributed by atoms with Crippen LogP contribution in [0.2, 0.25) is 10.0 Å². The van der Waals surface area contributed by atoms with E-state index in [2.05, 4.69) is 36.3 Å². The average molecular weight is 323 g/mol. The van der Waals surface area contributed by atoms with Gasteiger partial charge < -0.3 is 10.2 Å². The zero-order valence-electron chi connectivity index (χ0n) is 12.5. The van der Waals surface area contributed by atoms with Crippen LogP contribution in [0.1, 0.15) is 24.1 Å². The van der Waals surface area contributed by atoms with E-state index < -0.39 is 0 Å². The summed E-state index contributed by atoms with van der Waals surface area (Å²) in [6.45, 7) is 2.93. The summed E-state index contributed by atoms with van der Waals surface area (Å²) in [5, 5.41) is 4.73. The van der Waals surface area contributed by atoms with Crippen LogP contribution in [0.5, 0.6) is 0 Å². The molecule has 2 rings (SSSR count). The number of nitrogens with zero attached hydrogens (tertiary/aromatic N) is 1. The molecule has 0 aromatic heterocycles. The Balaban J connectivity index is 2.35. The first kappa shape index (κ1) is 16.2. The van der Waals surface area contributed by atoms with Crippen molar-refractivity contribution in [1.82, 2.24) is 5.32 Å². The third-order valence-electron chi connectivity index (χ3n) is 3.73. The van der Waals surface area contributed by atoms with E-state index in [0.29, 0.717) is 0 Å². The topological polar surface area (TPSA) is 15.3 Å². The first-order chi connectivity index (χ1) is 10.0. The fourth-order valence-electron chi connectivity index (χ4n) is 2.46. The van der Waals surface area contributed by atoms with Crippen LogP contribution in [0.25, 0.3) is 0 Å². The molecule has 0 spiro atoms. The number of hydrogen-bond donors (Lipinski definition) is 1. The summed E-state index contributed by atoms with van der Waals surface area (Å²) < 4.78 is 0. The maximum atomic E-state index is 6.32. The van der Waals surface area contributed by atoms with Crippen molar-refractivity contribution in [2.24, 2.45) is 0 Å². The zero-order chi connectivity index (χ0) is 15.4. The van der Waals surface area contributed by atoms with Crippen LogP contribution in [0.4, 0.5) is 5.69 Å². The lowest BCUT2D eigenvalue weighted by Gasteiger charge is -2.30. The van der Waals surface area contributed by atoms with E-state index in [9.17, 15) is 0 Å². The third kappa shape index (κ3) is 3.70. The standard InChI is InChI=1S/C17H20Cl2N2/c1-12(15-6-4-5-7-16(15)19)21(3)17-9-8-14(18)10-13(17)11-20-2/h4-10,12,20H,11H2,1-3H3. The highest BCUT2D eigenvalue weighted by molar-refractivity contribution is 6.31. The quantitative estimate of drug-likeness (QED) is 0.841. The predicted octanol–water partition coefficient (Wildman–Crippen LogP) is 4.91. The minimum atomic E-state index is 0.176. The van der Waals surface area contributed by atoms with Gasteiger partial charge in [0.05, 0.1) is 6.04 Å². The van der Waals surface area contributed by atoms with Crippen LogP contribution >= 0.6 is 23.2 Å². The highest BCUT2D eigenvalue weighted by atomic mass is 35.5. The molecule has 0 aliphatic rings. The molecule has 21 heavy (non-hydrogen) atoms. The van der Waals surface area contributed by atoms with Gasteiger partial charge in [0.2, 0.25) is 0 Å². The van der Waals surface area contributed by atoms with E-state index >= 15 is 0 Å². The molecule has 0 radical (unpaired) electrons. The van der Waals surface area contributed by atoms with Crippen molar-refractivity contribution in [3.8, 4) is 0 Å². The molecule has 4 heteroatoms. The van der Waals surface area contributed by atoms with Gasteiger partial charge in [0.1, 0.15) is 0 Å². The van der Waals surface area contributed by atoms with Gasteiger partial charge in [-0.2, -0.15) is 0 Å². The largest absolute Gasteiger partial charge is 0.368 e. The number of rotatable bonds is 5. The van der Waals surface area contributed by atoms with Crippen LogP contribution in [0.3, 0.4) is 0 Å². The highest BCUT2D eigenvalue weighted by Crippen LogP contribution is 2.32. The second-order valence-electron chi connectivity index (χ2n) is 5.11. The smallest absolute Gasteiger partial charge is 0.0525 e. The van der Waals surface area contributed by atoms with Crippen molar-refractivity contribution in [3.63, 3.8) is 0 Å². The van der Waals surface area contributed by atoms with Crippen molar-refractivity contribution in [1.29, 1.82) is 0 Å². The molecule has 0 amide bonds. The summed E-state index contributed by atoms with van der Waals surface area (Å²) in [4.78, 5) is 2.23. The molecule has 0 bridgehead atoms. The molecular formula is C17H20Cl2N2. The van der Waals surface area contributed by atoms with Gasteiger partial charge in [-0.25, -0.2) is 0 Å². The van der Waals surface area contributed by atoms with Crippen LogP contribution in [-0.4, -0.2) is 14.1 Å². The monoisotopic (exact) mass is 322 g/mol. The van der Waals surface area contributed by atoms with Crippen LogP contribution in [0, 0.1) is 0 Å². The summed E-state index contributed by atoms with van der Waals surface area (Å²) in [7, 11) is 4.01. The van der Waals surface area contributed by atoms with Crippen molar-refractivity contribution >= 4 is 28.9 Å². The molecule has 1 unspecified atom stereocenters. The Morgan fingerprint density at radius 2 is 1.86 bits per heavy atom. The van der Waals surface area contributed by atoms with E-state index in [1.54, 1.807) is 0 Å². The first-order valence-corrected chi connectivity index (χ1v) is 7.70. The second-order valence-corrected chi connectivity index (χ2v) is 5.96.